The van der Waals surface area contributed by atoms with Gasteiger partial charge in [-0.2, -0.15) is 5.10 Å². The van der Waals surface area contributed by atoms with E-state index in [9.17, 15) is 9.90 Å². The lowest BCUT2D eigenvalue weighted by molar-refractivity contribution is 0.0792. The molecule has 0 atom stereocenters. The van der Waals surface area contributed by atoms with Gasteiger partial charge in [-0.3, -0.25) is 24.8 Å². The van der Waals surface area contributed by atoms with E-state index in [-0.39, 0.29) is 12.0 Å². The predicted octanol–water partition coefficient (Wildman–Crippen LogP) is 5.20. The molecule has 0 unspecified atom stereocenters. The molecule has 1 amide bonds. The number of fused-ring (bicyclic) bond motifs is 1. The van der Waals surface area contributed by atoms with Crippen molar-refractivity contribution in [3.05, 3.63) is 96.1 Å². The van der Waals surface area contributed by atoms with Crippen molar-refractivity contribution in [3.8, 4) is 22.4 Å². The number of hydrogen-bond acceptors (Lipinski definition) is 6. The smallest absolute Gasteiger partial charge is 0.276 e. The molecule has 4 heterocycles. The summed E-state index contributed by atoms with van der Waals surface area (Å²) in [6.07, 6.45) is 6.82. The van der Waals surface area contributed by atoms with Crippen LogP contribution in [0.4, 0.5) is 5.69 Å². The number of carbonyl (C=O) groups is 1. The summed E-state index contributed by atoms with van der Waals surface area (Å²) >= 11 is 0. The van der Waals surface area contributed by atoms with Crippen molar-refractivity contribution >= 4 is 22.5 Å². The number of H-pyrrole nitrogens is 1. The number of pyridine rings is 2. The zero-order chi connectivity index (χ0) is 26.8. The van der Waals surface area contributed by atoms with Crippen LogP contribution in [-0.4, -0.2) is 55.3 Å². The van der Waals surface area contributed by atoms with Crippen LogP contribution in [0.3, 0.4) is 0 Å². The first-order chi connectivity index (χ1) is 19.0. The number of aliphatic hydroxyl groups excluding tert-OH is 1. The van der Waals surface area contributed by atoms with Gasteiger partial charge in [-0.1, -0.05) is 29.8 Å². The average molecular weight is 519 g/mol. The van der Waals surface area contributed by atoms with E-state index in [1.165, 1.54) is 5.56 Å². The van der Waals surface area contributed by atoms with E-state index in [1.807, 2.05) is 67.8 Å². The van der Waals surface area contributed by atoms with Gasteiger partial charge in [-0.25, -0.2) is 0 Å². The van der Waals surface area contributed by atoms with Crippen LogP contribution in [0.15, 0.2) is 79.3 Å². The molecular formula is C31H30N6O2. The third-order valence-corrected chi connectivity index (χ3v) is 7.20. The SMILES string of the molecule is Cc1cccc(-c2ccc(NC(=O)c3n[nH]c4ccc(-c5cncc(CN6CCC(O)CC6)c5)cc34)cn2)c1. The molecule has 0 aliphatic carbocycles. The fourth-order valence-electron chi connectivity index (χ4n) is 5.07. The molecule has 8 heteroatoms. The van der Waals surface area contributed by atoms with Crippen molar-refractivity contribution in [3.63, 3.8) is 0 Å². The molecule has 1 fully saturated rings. The van der Waals surface area contributed by atoms with Crippen molar-refractivity contribution in [1.29, 1.82) is 0 Å². The number of hydrogen-bond donors (Lipinski definition) is 3. The molecule has 5 aromatic rings. The second-order valence-electron chi connectivity index (χ2n) is 10.2. The minimum atomic E-state index is -0.303. The Labute approximate surface area is 226 Å². The number of aromatic nitrogens is 4. The highest BCUT2D eigenvalue weighted by Gasteiger charge is 2.18. The van der Waals surface area contributed by atoms with Crippen molar-refractivity contribution in [2.24, 2.45) is 0 Å². The van der Waals surface area contributed by atoms with Crippen LogP contribution >= 0.6 is 0 Å². The summed E-state index contributed by atoms with van der Waals surface area (Å²) in [5, 5.41) is 20.7. The largest absolute Gasteiger partial charge is 0.393 e. The highest BCUT2D eigenvalue weighted by atomic mass is 16.3. The molecule has 2 aromatic carbocycles. The fraction of sp³-hybridized carbons (Fsp3) is 0.226. The number of anilines is 1. The van der Waals surface area contributed by atoms with Crippen LogP contribution in [0.25, 0.3) is 33.3 Å². The maximum absolute atomic E-state index is 13.2. The first kappa shape index (κ1) is 24.9. The maximum Gasteiger partial charge on any atom is 0.276 e. The second kappa shape index (κ2) is 10.8. The number of benzene rings is 2. The van der Waals surface area contributed by atoms with E-state index in [0.717, 1.165) is 71.3 Å². The number of aromatic amines is 1. The summed E-state index contributed by atoms with van der Waals surface area (Å²) in [6, 6.07) is 20.0. The number of carbonyl (C=O) groups excluding carboxylic acids is 1. The van der Waals surface area contributed by atoms with E-state index < -0.39 is 0 Å². The Morgan fingerprint density at radius 2 is 1.87 bits per heavy atom. The summed E-state index contributed by atoms with van der Waals surface area (Å²) in [6.45, 7) is 4.61. The molecule has 1 aliphatic heterocycles. The topological polar surface area (TPSA) is 107 Å². The molecule has 3 N–H and O–H groups in total. The number of aliphatic hydroxyl groups is 1. The van der Waals surface area contributed by atoms with E-state index in [0.29, 0.717) is 11.4 Å². The van der Waals surface area contributed by atoms with Crippen molar-refractivity contribution < 1.29 is 9.90 Å². The van der Waals surface area contributed by atoms with E-state index >= 15 is 0 Å². The maximum atomic E-state index is 13.2. The minimum Gasteiger partial charge on any atom is -0.393 e. The van der Waals surface area contributed by atoms with Gasteiger partial charge in [0.2, 0.25) is 0 Å². The molecule has 3 aromatic heterocycles. The lowest BCUT2D eigenvalue weighted by Gasteiger charge is -2.29. The molecule has 8 nitrogen and oxygen atoms in total. The summed E-state index contributed by atoms with van der Waals surface area (Å²) in [7, 11) is 0. The molecule has 0 radical (unpaired) electrons. The summed E-state index contributed by atoms with van der Waals surface area (Å²) < 4.78 is 0. The zero-order valence-corrected chi connectivity index (χ0v) is 21.8. The monoisotopic (exact) mass is 518 g/mol. The van der Waals surface area contributed by atoms with Gasteiger partial charge in [0.05, 0.1) is 29.2 Å². The van der Waals surface area contributed by atoms with Gasteiger partial charge in [-0.15, -0.1) is 0 Å². The Morgan fingerprint density at radius 1 is 1.00 bits per heavy atom. The van der Waals surface area contributed by atoms with Crippen molar-refractivity contribution in [2.75, 3.05) is 18.4 Å². The Kier molecular flexibility index (Phi) is 6.87. The number of aryl methyl sites for hydroxylation is 1. The second-order valence-corrected chi connectivity index (χ2v) is 10.2. The van der Waals surface area contributed by atoms with Crippen LogP contribution in [0, 0.1) is 6.92 Å². The summed E-state index contributed by atoms with van der Waals surface area (Å²) in [5.74, 6) is -0.303. The molecule has 196 valence electrons. The highest BCUT2D eigenvalue weighted by molar-refractivity contribution is 6.11. The third-order valence-electron chi connectivity index (χ3n) is 7.20. The lowest BCUT2D eigenvalue weighted by Crippen LogP contribution is -2.35. The van der Waals surface area contributed by atoms with Crippen LogP contribution in [0.2, 0.25) is 0 Å². The number of likely N-dealkylation sites (tertiary alicyclic amines) is 1. The quantitative estimate of drug-likeness (QED) is 0.285. The van der Waals surface area contributed by atoms with Crippen molar-refractivity contribution in [1.82, 2.24) is 25.1 Å². The van der Waals surface area contributed by atoms with Gasteiger partial charge in [-0.05, 0) is 67.3 Å². The standard InChI is InChI=1S/C31H30N6O2/c1-20-3-2-4-23(13-20)28-8-6-25(18-33-28)34-31(39)30-27-15-22(5-7-29(27)35-36-30)24-14-21(16-32-17-24)19-37-11-9-26(38)10-12-37/h2-8,13-18,26,38H,9-12,19H2,1H3,(H,34,39)(H,35,36). The molecule has 0 bridgehead atoms. The van der Waals surface area contributed by atoms with Crippen LogP contribution in [-0.2, 0) is 6.54 Å². The Morgan fingerprint density at radius 3 is 2.67 bits per heavy atom. The van der Waals surface area contributed by atoms with E-state index in [4.69, 9.17) is 0 Å². The summed E-state index contributed by atoms with van der Waals surface area (Å²) in [5.41, 5.74) is 7.83. The lowest BCUT2D eigenvalue weighted by atomic mass is 10.0. The average Bonchev–Trinajstić information content (AvgIpc) is 3.38. The van der Waals surface area contributed by atoms with E-state index in [1.54, 1.807) is 6.20 Å². The fourth-order valence-corrected chi connectivity index (χ4v) is 5.07. The molecule has 0 spiro atoms. The summed E-state index contributed by atoms with van der Waals surface area (Å²) in [4.78, 5) is 24.5. The molecule has 1 aliphatic rings. The number of amides is 1. The highest BCUT2D eigenvalue weighted by Crippen LogP contribution is 2.27. The van der Waals surface area contributed by atoms with Gasteiger partial charge < -0.3 is 10.4 Å². The number of rotatable bonds is 6. The number of nitrogens with one attached hydrogen (secondary N) is 2. The van der Waals surface area contributed by atoms with Gasteiger partial charge in [0.15, 0.2) is 5.69 Å². The molecule has 1 saturated heterocycles. The van der Waals surface area contributed by atoms with E-state index in [2.05, 4.69) is 42.5 Å². The van der Waals surface area contributed by atoms with Gasteiger partial charge in [0.25, 0.3) is 5.91 Å². The number of nitrogens with zero attached hydrogens (tertiary/aromatic N) is 4. The zero-order valence-electron chi connectivity index (χ0n) is 21.8. The van der Waals surface area contributed by atoms with Gasteiger partial charge >= 0.3 is 0 Å². The number of piperidine rings is 1. The van der Waals surface area contributed by atoms with Gasteiger partial charge in [0, 0.05) is 48.5 Å². The van der Waals surface area contributed by atoms with Gasteiger partial charge in [0.1, 0.15) is 0 Å². The first-order valence-electron chi connectivity index (χ1n) is 13.2. The molecule has 6 rings (SSSR count). The van der Waals surface area contributed by atoms with Crippen LogP contribution in [0.5, 0.6) is 0 Å². The van der Waals surface area contributed by atoms with Crippen LogP contribution in [0.1, 0.15) is 34.5 Å². The minimum absolute atomic E-state index is 0.187. The Bertz CT molecular complexity index is 1620. The Hall–Kier alpha value is -4.40. The molecular weight excluding hydrogens is 488 g/mol. The Balaban J connectivity index is 1.20. The normalized spacial score (nSPS) is 14.5. The molecule has 39 heavy (non-hydrogen) atoms. The molecule has 0 saturated carbocycles. The van der Waals surface area contributed by atoms with Crippen LogP contribution < -0.4 is 5.32 Å². The predicted molar refractivity (Wildman–Crippen MR) is 152 cm³/mol. The van der Waals surface area contributed by atoms with Crippen molar-refractivity contribution in [2.45, 2.75) is 32.4 Å². The third kappa shape index (κ3) is 5.57. The first-order valence-corrected chi connectivity index (χ1v) is 13.2.